The van der Waals surface area contributed by atoms with Gasteiger partial charge in [0.15, 0.2) is 0 Å². The van der Waals surface area contributed by atoms with Crippen molar-refractivity contribution in [2.24, 2.45) is 12.0 Å². The summed E-state index contributed by atoms with van der Waals surface area (Å²) in [4.78, 5) is 4.54. The van der Waals surface area contributed by atoms with Crippen molar-refractivity contribution < 1.29 is 0 Å². The fourth-order valence-corrected chi connectivity index (χ4v) is 1.43. The van der Waals surface area contributed by atoms with Crippen molar-refractivity contribution in [1.29, 1.82) is 0 Å². The Morgan fingerprint density at radius 3 is 2.47 bits per heavy atom. The largest absolute Gasteiger partial charge is 0.336 e. The second-order valence-corrected chi connectivity index (χ2v) is 3.47. The van der Waals surface area contributed by atoms with Gasteiger partial charge in [-0.1, -0.05) is 36.4 Å². The highest BCUT2D eigenvalue weighted by Gasteiger charge is 1.88. The number of benzene rings is 1. The van der Waals surface area contributed by atoms with Crippen LogP contribution in [0, 0.1) is 0 Å². The van der Waals surface area contributed by atoms with Crippen molar-refractivity contribution in [3.05, 3.63) is 65.8 Å². The third-order valence-corrected chi connectivity index (χ3v) is 2.29. The average molecular weight is 198 g/mol. The SMILES string of the molecule is Cn1ccccc1=NCc1ccccc1. The van der Waals surface area contributed by atoms with Gasteiger partial charge >= 0.3 is 0 Å². The Hall–Kier alpha value is -1.83. The highest BCUT2D eigenvalue weighted by Crippen LogP contribution is 1.98. The Morgan fingerprint density at radius 2 is 1.73 bits per heavy atom. The number of rotatable bonds is 2. The number of hydrogen-bond acceptors (Lipinski definition) is 1. The first kappa shape index (κ1) is 9.71. The van der Waals surface area contributed by atoms with E-state index in [0.29, 0.717) is 0 Å². The minimum Gasteiger partial charge on any atom is -0.336 e. The maximum absolute atomic E-state index is 4.54. The van der Waals surface area contributed by atoms with Crippen LogP contribution in [-0.2, 0) is 13.6 Å². The van der Waals surface area contributed by atoms with E-state index in [1.807, 2.05) is 54.2 Å². The molecule has 2 aromatic rings. The van der Waals surface area contributed by atoms with Crippen LogP contribution >= 0.6 is 0 Å². The molecule has 2 rings (SSSR count). The smallest absolute Gasteiger partial charge is 0.127 e. The third-order valence-electron chi connectivity index (χ3n) is 2.29. The van der Waals surface area contributed by atoms with Gasteiger partial charge in [0.1, 0.15) is 5.49 Å². The van der Waals surface area contributed by atoms with Gasteiger partial charge in [0, 0.05) is 13.2 Å². The Morgan fingerprint density at radius 1 is 1.00 bits per heavy atom. The molecular formula is C13H14N2. The lowest BCUT2D eigenvalue weighted by Crippen LogP contribution is -2.16. The second-order valence-electron chi connectivity index (χ2n) is 3.47. The Balaban J connectivity index is 2.23. The van der Waals surface area contributed by atoms with Gasteiger partial charge in [-0.15, -0.1) is 0 Å². The molecule has 0 saturated carbocycles. The first-order chi connectivity index (χ1) is 7.36. The van der Waals surface area contributed by atoms with E-state index in [1.54, 1.807) is 0 Å². The number of aromatic nitrogens is 1. The Kier molecular flexibility index (Phi) is 2.98. The summed E-state index contributed by atoms with van der Waals surface area (Å²) in [6.45, 7) is 0.735. The molecule has 2 nitrogen and oxygen atoms in total. The van der Waals surface area contributed by atoms with E-state index >= 15 is 0 Å². The molecule has 0 saturated heterocycles. The van der Waals surface area contributed by atoms with Gasteiger partial charge in [-0.25, -0.2) is 0 Å². The van der Waals surface area contributed by atoms with Crippen molar-refractivity contribution in [1.82, 2.24) is 4.57 Å². The average Bonchev–Trinajstić information content (AvgIpc) is 2.29. The summed E-state index contributed by atoms with van der Waals surface area (Å²) in [5, 5.41) is 0. The normalized spacial score (nSPS) is 11.7. The summed E-state index contributed by atoms with van der Waals surface area (Å²) in [7, 11) is 2.00. The van der Waals surface area contributed by atoms with Crippen LogP contribution in [0.1, 0.15) is 5.56 Å². The summed E-state index contributed by atoms with van der Waals surface area (Å²) in [5.74, 6) is 0. The molecule has 0 spiro atoms. The van der Waals surface area contributed by atoms with Crippen LogP contribution in [0.2, 0.25) is 0 Å². The van der Waals surface area contributed by atoms with E-state index < -0.39 is 0 Å². The molecule has 0 amide bonds. The highest BCUT2D eigenvalue weighted by atomic mass is 15.0. The monoisotopic (exact) mass is 198 g/mol. The molecule has 0 unspecified atom stereocenters. The lowest BCUT2D eigenvalue weighted by atomic mass is 10.2. The summed E-state index contributed by atoms with van der Waals surface area (Å²) < 4.78 is 2.02. The fourth-order valence-electron chi connectivity index (χ4n) is 1.43. The molecule has 0 aliphatic carbocycles. The number of nitrogens with zero attached hydrogens (tertiary/aromatic N) is 2. The van der Waals surface area contributed by atoms with Gasteiger partial charge in [0.2, 0.25) is 0 Å². The zero-order chi connectivity index (χ0) is 10.5. The van der Waals surface area contributed by atoms with Gasteiger partial charge in [0.25, 0.3) is 0 Å². The van der Waals surface area contributed by atoms with Gasteiger partial charge in [-0.05, 0) is 17.7 Å². The molecule has 1 aromatic heterocycles. The number of pyridine rings is 1. The molecule has 0 bridgehead atoms. The van der Waals surface area contributed by atoms with Crippen LogP contribution in [0.15, 0.2) is 59.7 Å². The molecule has 1 aromatic carbocycles. The lowest BCUT2D eigenvalue weighted by molar-refractivity contribution is 0.802. The van der Waals surface area contributed by atoms with Gasteiger partial charge < -0.3 is 4.57 Å². The van der Waals surface area contributed by atoms with E-state index in [2.05, 4.69) is 17.1 Å². The maximum atomic E-state index is 4.54. The first-order valence-corrected chi connectivity index (χ1v) is 5.02. The maximum Gasteiger partial charge on any atom is 0.127 e. The second kappa shape index (κ2) is 4.60. The van der Waals surface area contributed by atoms with E-state index in [1.165, 1.54) is 5.56 Å². The summed E-state index contributed by atoms with van der Waals surface area (Å²) >= 11 is 0. The van der Waals surface area contributed by atoms with Crippen LogP contribution in [0.3, 0.4) is 0 Å². The molecule has 0 fully saturated rings. The topological polar surface area (TPSA) is 17.3 Å². The molecule has 0 aliphatic rings. The predicted molar refractivity (Wildman–Crippen MR) is 61.1 cm³/mol. The molecule has 0 aliphatic heterocycles. The van der Waals surface area contributed by atoms with Crippen LogP contribution in [0.5, 0.6) is 0 Å². The predicted octanol–water partition coefficient (Wildman–Crippen LogP) is 2.13. The van der Waals surface area contributed by atoms with Crippen LogP contribution in [0.4, 0.5) is 0 Å². The molecule has 0 N–H and O–H groups in total. The Bertz CT molecular complexity index is 483. The number of hydrogen-bond donors (Lipinski definition) is 0. The molecule has 0 atom stereocenters. The van der Waals surface area contributed by atoms with Crippen LogP contribution in [0.25, 0.3) is 0 Å². The number of aryl methyl sites for hydroxylation is 1. The lowest BCUT2D eigenvalue weighted by Gasteiger charge is -1.99. The molecule has 0 radical (unpaired) electrons. The van der Waals surface area contributed by atoms with Crippen molar-refractivity contribution >= 4 is 0 Å². The van der Waals surface area contributed by atoms with Crippen LogP contribution < -0.4 is 5.49 Å². The van der Waals surface area contributed by atoms with E-state index in [4.69, 9.17) is 0 Å². The first-order valence-electron chi connectivity index (χ1n) is 5.02. The zero-order valence-electron chi connectivity index (χ0n) is 8.80. The van der Waals surface area contributed by atoms with Gasteiger partial charge in [-0.3, -0.25) is 4.99 Å². The molecule has 2 heteroatoms. The highest BCUT2D eigenvalue weighted by molar-refractivity contribution is 5.14. The molecule has 76 valence electrons. The van der Waals surface area contributed by atoms with Crippen molar-refractivity contribution in [3.8, 4) is 0 Å². The quantitative estimate of drug-likeness (QED) is 0.703. The molecular weight excluding hydrogens is 184 g/mol. The summed E-state index contributed by atoms with van der Waals surface area (Å²) in [6.07, 6.45) is 2.00. The molecule has 15 heavy (non-hydrogen) atoms. The van der Waals surface area contributed by atoms with Crippen molar-refractivity contribution in [2.45, 2.75) is 6.54 Å². The fraction of sp³-hybridized carbons (Fsp3) is 0.154. The minimum atomic E-state index is 0.735. The van der Waals surface area contributed by atoms with E-state index in [0.717, 1.165) is 12.0 Å². The van der Waals surface area contributed by atoms with E-state index in [-0.39, 0.29) is 0 Å². The summed E-state index contributed by atoms with van der Waals surface area (Å²) in [6, 6.07) is 16.3. The van der Waals surface area contributed by atoms with Crippen LogP contribution in [-0.4, -0.2) is 4.57 Å². The Labute approximate surface area is 89.5 Å². The standard InChI is InChI=1S/C13H14N2/c1-15-10-6-5-9-13(15)14-11-12-7-3-2-4-8-12/h2-10H,11H2,1H3. The van der Waals surface area contributed by atoms with Crippen molar-refractivity contribution in [2.75, 3.05) is 0 Å². The third kappa shape index (κ3) is 2.56. The zero-order valence-corrected chi connectivity index (χ0v) is 8.80. The van der Waals surface area contributed by atoms with Crippen molar-refractivity contribution in [3.63, 3.8) is 0 Å². The van der Waals surface area contributed by atoms with E-state index in [9.17, 15) is 0 Å². The summed E-state index contributed by atoms with van der Waals surface area (Å²) in [5.41, 5.74) is 2.24. The van der Waals surface area contributed by atoms with Gasteiger partial charge in [0.05, 0.1) is 6.54 Å². The minimum absolute atomic E-state index is 0.735. The molecule has 1 heterocycles. The van der Waals surface area contributed by atoms with Gasteiger partial charge in [-0.2, -0.15) is 0 Å².